The lowest BCUT2D eigenvalue weighted by Crippen LogP contribution is -2.44. The van der Waals surface area contributed by atoms with Crippen LogP contribution in [-0.4, -0.2) is 14.2 Å². The van der Waals surface area contributed by atoms with Gasteiger partial charge in [-0.05, 0) is 130 Å². The van der Waals surface area contributed by atoms with Gasteiger partial charge < -0.3 is 14.2 Å². The highest BCUT2D eigenvalue weighted by Gasteiger charge is 2.55. The maximum absolute atomic E-state index is 7.84. The number of thiophene rings is 1. The molecule has 0 saturated heterocycles. The maximum Gasteiger partial charge on any atom is 0.178 e. The first kappa shape index (κ1) is 35.1. The lowest BCUT2D eigenvalue weighted by Gasteiger charge is -2.52. The van der Waals surface area contributed by atoms with Crippen LogP contribution < -0.4 is 14.2 Å². The fourth-order valence-corrected chi connectivity index (χ4v) is 12.5. The number of rotatable bonds is 5. The second-order valence-electron chi connectivity index (χ2n) is 18.0. The molecule has 1 aliphatic heterocycles. The van der Waals surface area contributed by atoms with Crippen molar-refractivity contribution in [1.82, 2.24) is 0 Å². The number of fused-ring (bicyclic) bond motifs is 11. The summed E-state index contributed by atoms with van der Waals surface area (Å²) in [5.74, 6) is 2.57. The van der Waals surface area contributed by atoms with Crippen molar-refractivity contribution >= 4 is 38.3 Å². The van der Waals surface area contributed by atoms with Crippen LogP contribution in [-0.2, 0) is 11.0 Å². The zero-order valence-corrected chi connectivity index (χ0v) is 34.2. The van der Waals surface area contributed by atoms with Crippen LogP contribution in [0.25, 0.3) is 48.5 Å². The van der Waals surface area contributed by atoms with E-state index in [2.05, 4.69) is 138 Å². The molecule has 280 valence electrons. The standard InChI is InChI=1S/C52H48O3S/c1-32-26-41-42(28-40(32)45-27-33-12-8-11-15-44(33)56-45)48-39(47-46(41)38-13-9-10-14-43(38)51(47)30-49(2,3)29-50(4,5)31-51)24-25-52(55-48,34-16-20-36(53-6)21-17-34)35-18-22-37(54-7)23-19-35/h8-28H,29-31H2,1-7H3. The summed E-state index contributed by atoms with van der Waals surface area (Å²) in [6.07, 6.45) is 8.08. The smallest absolute Gasteiger partial charge is 0.178 e. The van der Waals surface area contributed by atoms with Gasteiger partial charge in [0, 0.05) is 37.1 Å². The highest BCUT2D eigenvalue weighted by molar-refractivity contribution is 7.22. The van der Waals surface area contributed by atoms with Crippen LogP contribution >= 0.6 is 11.3 Å². The van der Waals surface area contributed by atoms with Gasteiger partial charge in [0.1, 0.15) is 17.2 Å². The van der Waals surface area contributed by atoms with Crippen molar-refractivity contribution in [3.63, 3.8) is 0 Å². The zero-order valence-electron chi connectivity index (χ0n) is 33.4. The van der Waals surface area contributed by atoms with Gasteiger partial charge in [-0.15, -0.1) is 11.3 Å². The van der Waals surface area contributed by atoms with E-state index in [9.17, 15) is 0 Å². The number of ether oxygens (including phenoxy) is 3. The first-order valence-corrected chi connectivity index (χ1v) is 20.7. The molecule has 0 amide bonds. The van der Waals surface area contributed by atoms with Gasteiger partial charge in [0.15, 0.2) is 5.60 Å². The van der Waals surface area contributed by atoms with E-state index in [0.717, 1.165) is 46.6 Å². The molecule has 7 aromatic rings. The summed E-state index contributed by atoms with van der Waals surface area (Å²) in [6.45, 7) is 12.2. The Morgan fingerprint density at radius 2 is 1.27 bits per heavy atom. The van der Waals surface area contributed by atoms with E-state index in [1.807, 2.05) is 35.6 Å². The number of hydrogen-bond donors (Lipinski definition) is 0. The molecule has 10 rings (SSSR count). The highest BCUT2D eigenvalue weighted by Crippen LogP contribution is 2.67. The number of aryl methyl sites for hydroxylation is 1. The average molecular weight is 753 g/mol. The Hall–Kier alpha value is -5.32. The Morgan fingerprint density at radius 3 is 1.91 bits per heavy atom. The van der Waals surface area contributed by atoms with Crippen LogP contribution in [0, 0.1) is 17.8 Å². The molecule has 3 aliphatic rings. The fourth-order valence-electron chi connectivity index (χ4n) is 11.3. The van der Waals surface area contributed by atoms with Gasteiger partial charge in [0.05, 0.1) is 14.2 Å². The summed E-state index contributed by atoms with van der Waals surface area (Å²) >= 11 is 1.86. The molecule has 0 N–H and O–H groups in total. The minimum atomic E-state index is -0.904. The number of benzene rings is 6. The summed E-state index contributed by atoms with van der Waals surface area (Å²) in [4.78, 5) is 1.27. The second-order valence-corrected chi connectivity index (χ2v) is 19.1. The third kappa shape index (κ3) is 5.21. The Bertz CT molecular complexity index is 2630. The number of hydrogen-bond acceptors (Lipinski definition) is 4. The minimum Gasteiger partial charge on any atom is -0.497 e. The highest BCUT2D eigenvalue weighted by atomic mass is 32.1. The van der Waals surface area contributed by atoms with Gasteiger partial charge in [-0.1, -0.05) is 107 Å². The molecule has 1 spiro atoms. The summed E-state index contributed by atoms with van der Waals surface area (Å²) < 4.78 is 20.4. The van der Waals surface area contributed by atoms with Crippen LogP contribution in [0.4, 0.5) is 0 Å². The molecule has 1 saturated carbocycles. The molecule has 0 unspecified atom stereocenters. The van der Waals surface area contributed by atoms with Gasteiger partial charge in [0.25, 0.3) is 0 Å². The quantitative estimate of drug-likeness (QED) is 0.175. The van der Waals surface area contributed by atoms with Gasteiger partial charge in [0.2, 0.25) is 0 Å². The fraction of sp³-hybridized carbons (Fsp3) is 0.269. The van der Waals surface area contributed by atoms with Crippen LogP contribution in [0.15, 0.2) is 121 Å². The van der Waals surface area contributed by atoms with E-state index >= 15 is 0 Å². The molecular formula is C52H48O3S. The lowest BCUT2D eigenvalue weighted by molar-refractivity contribution is 0.0642. The normalized spacial score (nSPS) is 18.0. The SMILES string of the molecule is COc1ccc(C2(c3ccc(OC)cc3)C=Cc3c4c(c5cc(C)c(-c6cc7ccccc7s6)cc5c3O2)-c2ccccc2C42CC(C)(C)CC(C)(C)C2)cc1. The van der Waals surface area contributed by atoms with Gasteiger partial charge in [-0.2, -0.15) is 0 Å². The Morgan fingerprint density at radius 1 is 0.643 bits per heavy atom. The molecule has 1 aromatic heterocycles. The topological polar surface area (TPSA) is 27.7 Å². The van der Waals surface area contributed by atoms with Gasteiger partial charge in [-0.3, -0.25) is 0 Å². The maximum atomic E-state index is 7.84. The third-order valence-corrected chi connectivity index (χ3v) is 14.0. The Balaban J connectivity index is 1.32. The minimum absolute atomic E-state index is 0.147. The van der Waals surface area contributed by atoms with Crippen molar-refractivity contribution in [2.75, 3.05) is 14.2 Å². The van der Waals surface area contributed by atoms with E-state index in [4.69, 9.17) is 14.2 Å². The Kier molecular flexibility index (Phi) is 7.74. The largest absolute Gasteiger partial charge is 0.497 e. The molecule has 6 aromatic carbocycles. The Labute approximate surface area is 334 Å². The molecule has 3 nitrogen and oxygen atoms in total. The first-order valence-electron chi connectivity index (χ1n) is 19.9. The predicted molar refractivity (Wildman–Crippen MR) is 234 cm³/mol. The molecule has 2 heterocycles. The monoisotopic (exact) mass is 752 g/mol. The third-order valence-electron chi connectivity index (χ3n) is 12.8. The first-order chi connectivity index (χ1) is 26.9. The lowest BCUT2D eigenvalue weighted by atomic mass is 9.52. The average Bonchev–Trinajstić information content (AvgIpc) is 3.73. The molecule has 56 heavy (non-hydrogen) atoms. The van der Waals surface area contributed by atoms with Crippen molar-refractivity contribution in [3.8, 4) is 38.8 Å². The van der Waals surface area contributed by atoms with E-state index in [0.29, 0.717) is 0 Å². The van der Waals surface area contributed by atoms with Crippen molar-refractivity contribution in [3.05, 3.63) is 155 Å². The van der Waals surface area contributed by atoms with Crippen molar-refractivity contribution in [2.24, 2.45) is 10.8 Å². The van der Waals surface area contributed by atoms with Crippen LogP contribution in [0.3, 0.4) is 0 Å². The molecular weight excluding hydrogens is 705 g/mol. The molecule has 0 radical (unpaired) electrons. The molecule has 0 atom stereocenters. The van der Waals surface area contributed by atoms with Crippen LogP contribution in [0.2, 0.25) is 0 Å². The van der Waals surface area contributed by atoms with Crippen molar-refractivity contribution in [2.45, 2.75) is 64.9 Å². The van der Waals surface area contributed by atoms with Crippen molar-refractivity contribution in [1.29, 1.82) is 0 Å². The molecule has 0 bridgehead atoms. The van der Waals surface area contributed by atoms with Crippen LogP contribution in [0.5, 0.6) is 17.2 Å². The molecule has 2 aliphatic carbocycles. The summed E-state index contributed by atoms with van der Waals surface area (Å²) in [6, 6.07) is 42.0. The van der Waals surface area contributed by atoms with Gasteiger partial charge in [-0.25, -0.2) is 0 Å². The van der Waals surface area contributed by atoms with Crippen LogP contribution in [0.1, 0.15) is 80.3 Å². The van der Waals surface area contributed by atoms with E-state index in [1.165, 1.54) is 65.7 Å². The van der Waals surface area contributed by atoms with Crippen molar-refractivity contribution < 1.29 is 14.2 Å². The van der Waals surface area contributed by atoms with E-state index in [-0.39, 0.29) is 16.2 Å². The van der Waals surface area contributed by atoms with E-state index < -0.39 is 5.60 Å². The molecule has 4 heteroatoms. The summed E-state index contributed by atoms with van der Waals surface area (Å²) in [5.41, 5.74) is 10.7. The molecule has 1 fully saturated rings. The van der Waals surface area contributed by atoms with Gasteiger partial charge >= 0.3 is 0 Å². The predicted octanol–water partition coefficient (Wildman–Crippen LogP) is 13.9. The van der Waals surface area contributed by atoms with E-state index in [1.54, 1.807) is 14.2 Å². The second kappa shape index (κ2) is 12.3. The zero-order chi connectivity index (χ0) is 38.6. The number of methoxy groups -OCH3 is 2. The summed E-state index contributed by atoms with van der Waals surface area (Å²) in [5, 5.41) is 3.69. The summed E-state index contributed by atoms with van der Waals surface area (Å²) in [7, 11) is 3.43.